The number of aromatic nitrogens is 2. The van der Waals surface area contributed by atoms with E-state index in [1.54, 1.807) is 12.3 Å². The Morgan fingerprint density at radius 1 is 1.00 bits per heavy atom. The predicted molar refractivity (Wildman–Crippen MR) is 126 cm³/mol. The van der Waals surface area contributed by atoms with Gasteiger partial charge in [0.25, 0.3) is 5.56 Å². The lowest BCUT2D eigenvalue weighted by Gasteiger charge is -2.14. The zero-order valence-corrected chi connectivity index (χ0v) is 18.8. The Morgan fingerprint density at radius 3 is 2.55 bits per heavy atom. The minimum absolute atomic E-state index is 0. The van der Waals surface area contributed by atoms with Gasteiger partial charge in [-0.05, 0) is 60.8 Å². The van der Waals surface area contributed by atoms with E-state index in [4.69, 9.17) is 0 Å². The van der Waals surface area contributed by atoms with Crippen molar-refractivity contribution in [1.82, 2.24) is 14.5 Å². The summed E-state index contributed by atoms with van der Waals surface area (Å²) in [5.74, 6) is 0. The fraction of sp³-hybridized carbons (Fsp3) is 0.240. The van der Waals surface area contributed by atoms with Crippen molar-refractivity contribution in [2.75, 3.05) is 6.54 Å². The number of hydrogen-bond acceptors (Lipinski definition) is 2. The number of alkyl halides is 3. The summed E-state index contributed by atoms with van der Waals surface area (Å²) in [6.45, 7) is 1.78. The van der Waals surface area contributed by atoms with Gasteiger partial charge in [-0.2, -0.15) is 13.2 Å². The Bertz CT molecular complexity index is 1390. The molecule has 0 aliphatic carbocycles. The quantitative estimate of drug-likeness (QED) is 0.419. The van der Waals surface area contributed by atoms with E-state index in [0.717, 1.165) is 42.9 Å². The molecule has 1 aliphatic rings. The second-order valence-electron chi connectivity index (χ2n) is 8.11. The molecule has 0 fully saturated rings. The van der Waals surface area contributed by atoms with Crippen LogP contribution in [0.1, 0.15) is 23.2 Å². The first-order chi connectivity index (χ1) is 15.4. The van der Waals surface area contributed by atoms with Gasteiger partial charge in [-0.1, -0.05) is 24.3 Å². The van der Waals surface area contributed by atoms with Gasteiger partial charge in [-0.25, -0.2) is 0 Å². The second kappa shape index (κ2) is 8.72. The summed E-state index contributed by atoms with van der Waals surface area (Å²) in [7, 11) is 2.02. The number of nitrogens with zero attached hydrogens (tertiary/aromatic N) is 2. The second-order valence-corrected chi connectivity index (χ2v) is 8.11. The van der Waals surface area contributed by atoms with Gasteiger partial charge in [0.1, 0.15) is 0 Å². The molecule has 2 aromatic heterocycles. The first kappa shape index (κ1) is 23.1. The number of pyridine rings is 1. The molecule has 8 heteroatoms. The van der Waals surface area contributed by atoms with E-state index in [0.29, 0.717) is 5.69 Å². The average Bonchev–Trinajstić information content (AvgIpc) is 2.93. The van der Waals surface area contributed by atoms with Crippen LogP contribution in [-0.2, 0) is 26.2 Å². The summed E-state index contributed by atoms with van der Waals surface area (Å²) >= 11 is 0. The van der Waals surface area contributed by atoms with Crippen LogP contribution in [0.15, 0.2) is 65.6 Å². The van der Waals surface area contributed by atoms with Gasteiger partial charge in [0.05, 0.1) is 16.8 Å². The van der Waals surface area contributed by atoms with E-state index < -0.39 is 17.3 Å². The SMILES string of the molecule is Cl.Cn1c2c(c3ccc(-n4cccc(-c5ccccc5C(F)(F)F)c4=O)cc31)CNCCC2. The van der Waals surface area contributed by atoms with Crippen LogP contribution in [0.5, 0.6) is 0 Å². The van der Waals surface area contributed by atoms with E-state index in [2.05, 4.69) is 9.88 Å². The molecule has 0 saturated carbocycles. The molecule has 3 heterocycles. The highest BCUT2D eigenvalue weighted by molar-refractivity contribution is 5.87. The molecule has 1 N–H and O–H groups in total. The van der Waals surface area contributed by atoms with Gasteiger partial charge in [0, 0.05) is 36.4 Å². The standard InChI is InChI=1S/C25H22F3N3O.ClH/c1-30-22-9-4-12-29-15-20(22)18-11-10-16(14-23(18)30)31-13-5-7-19(24(31)32)17-6-2-3-8-21(17)25(26,27)28;/h2-3,5-8,10-11,13-14,29H,4,9,12,15H2,1H3;1H. The molecule has 2 aromatic carbocycles. The number of fused-ring (bicyclic) bond motifs is 3. The predicted octanol–water partition coefficient (Wildman–Crippen LogP) is 5.47. The molecule has 0 unspecified atom stereocenters. The molecule has 0 bridgehead atoms. The van der Waals surface area contributed by atoms with Crippen LogP contribution in [0.4, 0.5) is 13.2 Å². The molecule has 33 heavy (non-hydrogen) atoms. The number of nitrogens with one attached hydrogen (secondary N) is 1. The van der Waals surface area contributed by atoms with Crippen molar-refractivity contribution < 1.29 is 13.2 Å². The van der Waals surface area contributed by atoms with E-state index >= 15 is 0 Å². The van der Waals surface area contributed by atoms with Gasteiger partial charge in [0.15, 0.2) is 0 Å². The summed E-state index contributed by atoms with van der Waals surface area (Å²) in [4.78, 5) is 13.3. The number of aryl methyl sites for hydroxylation is 1. The Balaban J connectivity index is 0.00000259. The van der Waals surface area contributed by atoms with Crippen LogP contribution >= 0.6 is 12.4 Å². The molecular formula is C25H23ClF3N3O. The average molecular weight is 474 g/mol. The van der Waals surface area contributed by atoms with Gasteiger partial charge >= 0.3 is 6.18 Å². The third-order valence-electron chi connectivity index (χ3n) is 6.24. The molecule has 172 valence electrons. The first-order valence-electron chi connectivity index (χ1n) is 10.6. The number of hydrogen-bond donors (Lipinski definition) is 1. The lowest BCUT2D eigenvalue weighted by atomic mass is 10.0. The summed E-state index contributed by atoms with van der Waals surface area (Å²) in [5.41, 5.74) is 2.78. The minimum atomic E-state index is -4.54. The van der Waals surface area contributed by atoms with Crippen LogP contribution in [0.3, 0.4) is 0 Å². The van der Waals surface area contributed by atoms with Gasteiger partial charge in [0.2, 0.25) is 0 Å². The maximum atomic E-state index is 13.5. The first-order valence-corrected chi connectivity index (χ1v) is 10.6. The largest absolute Gasteiger partial charge is 0.417 e. The van der Waals surface area contributed by atoms with E-state index in [9.17, 15) is 18.0 Å². The van der Waals surface area contributed by atoms with Crippen molar-refractivity contribution in [3.05, 3.63) is 88.0 Å². The zero-order valence-electron chi connectivity index (χ0n) is 17.9. The molecule has 0 amide bonds. The van der Waals surface area contributed by atoms with Gasteiger partial charge in [-0.15, -0.1) is 12.4 Å². The summed E-state index contributed by atoms with van der Waals surface area (Å²) < 4.78 is 44.2. The highest BCUT2D eigenvalue weighted by Crippen LogP contribution is 2.36. The van der Waals surface area contributed by atoms with Crippen molar-refractivity contribution >= 4 is 23.3 Å². The lowest BCUT2D eigenvalue weighted by molar-refractivity contribution is -0.137. The van der Waals surface area contributed by atoms with Crippen molar-refractivity contribution in [2.45, 2.75) is 25.6 Å². The number of rotatable bonds is 2. The Kier molecular flexibility index (Phi) is 6.12. The van der Waals surface area contributed by atoms with Crippen molar-refractivity contribution in [2.24, 2.45) is 7.05 Å². The molecule has 4 nitrogen and oxygen atoms in total. The normalized spacial score (nSPS) is 13.9. The van der Waals surface area contributed by atoms with Crippen LogP contribution in [0.25, 0.3) is 27.7 Å². The molecule has 0 spiro atoms. The third kappa shape index (κ3) is 3.96. The molecule has 0 atom stereocenters. The Morgan fingerprint density at radius 2 is 1.76 bits per heavy atom. The number of halogens is 4. The topological polar surface area (TPSA) is 39.0 Å². The molecular weight excluding hydrogens is 451 g/mol. The van der Waals surface area contributed by atoms with Crippen LogP contribution < -0.4 is 10.9 Å². The number of benzene rings is 2. The summed E-state index contributed by atoms with van der Waals surface area (Å²) in [6, 6.07) is 14.0. The van der Waals surface area contributed by atoms with E-state index in [1.807, 2.05) is 25.2 Å². The zero-order chi connectivity index (χ0) is 22.5. The van der Waals surface area contributed by atoms with Gasteiger partial charge < -0.3 is 9.88 Å². The van der Waals surface area contributed by atoms with Crippen LogP contribution in [0, 0.1) is 0 Å². The van der Waals surface area contributed by atoms with E-state index in [1.165, 1.54) is 40.1 Å². The smallest absolute Gasteiger partial charge is 0.347 e. The Labute approximate surface area is 195 Å². The Hall–Kier alpha value is -3.03. The molecule has 1 aliphatic heterocycles. The minimum Gasteiger partial charge on any atom is -0.347 e. The maximum Gasteiger partial charge on any atom is 0.417 e. The monoisotopic (exact) mass is 473 g/mol. The van der Waals surface area contributed by atoms with Crippen molar-refractivity contribution in [3.63, 3.8) is 0 Å². The summed E-state index contributed by atoms with van der Waals surface area (Å²) in [6.07, 6.45) is -0.910. The molecule has 0 saturated heterocycles. The molecule has 4 aromatic rings. The fourth-order valence-electron chi connectivity index (χ4n) is 4.68. The van der Waals surface area contributed by atoms with Crippen LogP contribution in [0.2, 0.25) is 0 Å². The van der Waals surface area contributed by atoms with Gasteiger partial charge in [-0.3, -0.25) is 9.36 Å². The van der Waals surface area contributed by atoms with Crippen molar-refractivity contribution in [1.29, 1.82) is 0 Å². The molecule has 5 rings (SSSR count). The maximum absolute atomic E-state index is 13.5. The van der Waals surface area contributed by atoms with Crippen molar-refractivity contribution in [3.8, 4) is 16.8 Å². The van der Waals surface area contributed by atoms with Crippen LogP contribution in [-0.4, -0.2) is 15.7 Å². The summed E-state index contributed by atoms with van der Waals surface area (Å²) in [5, 5.41) is 4.58. The fourth-order valence-corrected chi connectivity index (χ4v) is 4.68. The third-order valence-corrected chi connectivity index (χ3v) is 6.24. The lowest BCUT2D eigenvalue weighted by Crippen LogP contribution is -2.20. The van der Waals surface area contributed by atoms with E-state index in [-0.39, 0.29) is 23.5 Å². The highest BCUT2D eigenvalue weighted by atomic mass is 35.5. The highest BCUT2D eigenvalue weighted by Gasteiger charge is 2.34. The molecule has 0 radical (unpaired) electrons.